The standard InChI is InChI=1S/C33H32N2O4/c1-22-9-15-29-28(21-22)27(31(34(29)3)24-10-12-25(13-11-24)32(38)39)14-16-30(37)35-19-17-33(18-20-35,23(2)36)26-7-5-4-6-8-26/h4-16,21H,17-20H2,1-3H3,(H,38,39). The lowest BCUT2D eigenvalue weighted by Gasteiger charge is -2.40. The number of hydrogen-bond donors (Lipinski definition) is 1. The van der Waals surface area contributed by atoms with Gasteiger partial charge in [-0.25, -0.2) is 4.79 Å². The second-order valence-electron chi connectivity index (χ2n) is 10.4. The van der Waals surface area contributed by atoms with Crippen molar-refractivity contribution in [3.8, 4) is 11.3 Å². The molecule has 39 heavy (non-hydrogen) atoms. The highest BCUT2D eigenvalue weighted by Crippen LogP contribution is 2.37. The fraction of sp³-hybridized carbons (Fsp3) is 0.242. The van der Waals surface area contributed by atoms with Crippen LogP contribution in [0.3, 0.4) is 0 Å². The Morgan fingerprint density at radius 2 is 1.59 bits per heavy atom. The summed E-state index contributed by atoms with van der Waals surface area (Å²) in [6.07, 6.45) is 4.69. The van der Waals surface area contributed by atoms with Gasteiger partial charge in [0.1, 0.15) is 5.78 Å². The molecule has 198 valence electrons. The van der Waals surface area contributed by atoms with Crippen molar-refractivity contribution < 1.29 is 19.5 Å². The molecule has 3 aromatic carbocycles. The van der Waals surface area contributed by atoms with Crippen LogP contribution in [0, 0.1) is 6.92 Å². The summed E-state index contributed by atoms with van der Waals surface area (Å²) < 4.78 is 2.08. The molecular weight excluding hydrogens is 488 g/mol. The third kappa shape index (κ3) is 4.78. The van der Waals surface area contributed by atoms with Gasteiger partial charge in [0.15, 0.2) is 0 Å². The smallest absolute Gasteiger partial charge is 0.335 e. The van der Waals surface area contributed by atoms with Crippen molar-refractivity contribution in [2.75, 3.05) is 13.1 Å². The van der Waals surface area contributed by atoms with Gasteiger partial charge >= 0.3 is 5.97 Å². The molecule has 1 amide bonds. The Bertz CT molecular complexity index is 1590. The van der Waals surface area contributed by atoms with E-state index in [1.54, 1.807) is 37.3 Å². The number of piperidine rings is 1. The van der Waals surface area contributed by atoms with Crippen molar-refractivity contribution in [1.29, 1.82) is 0 Å². The molecule has 1 aliphatic rings. The van der Waals surface area contributed by atoms with Crippen LogP contribution in [0.2, 0.25) is 0 Å². The quantitative estimate of drug-likeness (QED) is 0.316. The van der Waals surface area contributed by atoms with Gasteiger partial charge in [0.05, 0.1) is 16.7 Å². The fourth-order valence-electron chi connectivity index (χ4n) is 5.85. The minimum absolute atomic E-state index is 0.0861. The number of amides is 1. The van der Waals surface area contributed by atoms with E-state index < -0.39 is 11.4 Å². The van der Waals surface area contributed by atoms with Crippen LogP contribution < -0.4 is 0 Å². The summed E-state index contributed by atoms with van der Waals surface area (Å²) in [6, 6.07) is 22.9. The molecule has 0 radical (unpaired) electrons. The van der Waals surface area contributed by atoms with Crippen molar-refractivity contribution in [2.45, 2.75) is 32.1 Å². The van der Waals surface area contributed by atoms with Crippen LogP contribution in [0.25, 0.3) is 28.2 Å². The Morgan fingerprint density at radius 1 is 0.923 bits per heavy atom. The van der Waals surface area contributed by atoms with Gasteiger partial charge in [-0.15, -0.1) is 0 Å². The molecule has 5 rings (SSSR count). The average Bonchev–Trinajstić information content (AvgIpc) is 3.22. The monoisotopic (exact) mass is 520 g/mol. The lowest BCUT2D eigenvalue weighted by Crippen LogP contribution is -2.48. The molecule has 4 aromatic rings. The average molecular weight is 521 g/mol. The third-order valence-corrected chi connectivity index (χ3v) is 8.12. The van der Waals surface area contributed by atoms with Gasteiger partial charge in [-0.05, 0) is 68.2 Å². The maximum Gasteiger partial charge on any atom is 0.335 e. The number of Topliss-reactive ketones (excluding diaryl/α,β-unsaturated/α-hetero) is 1. The van der Waals surface area contributed by atoms with Gasteiger partial charge in [-0.1, -0.05) is 54.1 Å². The molecule has 1 fully saturated rings. The van der Waals surface area contributed by atoms with Crippen LogP contribution in [-0.4, -0.2) is 45.3 Å². The maximum absolute atomic E-state index is 13.3. The summed E-state index contributed by atoms with van der Waals surface area (Å²) in [5.41, 5.74) is 5.52. The summed E-state index contributed by atoms with van der Waals surface area (Å²) in [7, 11) is 1.98. The molecule has 6 heteroatoms. The normalized spacial score (nSPS) is 15.1. The highest BCUT2D eigenvalue weighted by atomic mass is 16.4. The predicted octanol–water partition coefficient (Wildman–Crippen LogP) is 6.01. The molecule has 0 saturated carbocycles. The number of ketones is 1. The van der Waals surface area contributed by atoms with Crippen LogP contribution in [0.1, 0.15) is 46.8 Å². The van der Waals surface area contributed by atoms with E-state index in [-0.39, 0.29) is 17.3 Å². The van der Waals surface area contributed by atoms with Crippen LogP contribution in [0.5, 0.6) is 0 Å². The van der Waals surface area contributed by atoms with Crippen LogP contribution in [0.4, 0.5) is 0 Å². The van der Waals surface area contributed by atoms with E-state index in [4.69, 9.17) is 0 Å². The lowest BCUT2D eigenvalue weighted by atomic mass is 9.70. The number of benzene rings is 3. The van der Waals surface area contributed by atoms with Crippen molar-refractivity contribution in [1.82, 2.24) is 9.47 Å². The molecule has 1 aromatic heterocycles. The Hall–Kier alpha value is -4.45. The molecule has 0 spiro atoms. The maximum atomic E-state index is 13.3. The summed E-state index contributed by atoms with van der Waals surface area (Å²) in [6.45, 7) is 4.71. The summed E-state index contributed by atoms with van der Waals surface area (Å²) in [5, 5.41) is 10.3. The Kier molecular flexibility index (Phi) is 6.96. The predicted molar refractivity (Wildman–Crippen MR) is 154 cm³/mol. The zero-order chi connectivity index (χ0) is 27.7. The van der Waals surface area contributed by atoms with E-state index >= 15 is 0 Å². The van der Waals surface area contributed by atoms with Crippen LogP contribution in [-0.2, 0) is 22.1 Å². The first-order valence-electron chi connectivity index (χ1n) is 13.2. The minimum Gasteiger partial charge on any atom is -0.478 e. The van der Waals surface area contributed by atoms with Gasteiger partial charge < -0.3 is 14.6 Å². The van der Waals surface area contributed by atoms with Crippen molar-refractivity contribution in [3.63, 3.8) is 0 Å². The van der Waals surface area contributed by atoms with Crippen LogP contribution >= 0.6 is 0 Å². The van der Waals surface area contributed by atoms with E-state index in [0.717, 1.165) is 38.9 Å². The number of rotatable bonds is 6. The number of aromatic nitrogens is 1. The van der Waals surface area contributed by atoms with E-state index in [9.17, 15) is 19.5 Å². The van der Waals surface area contributed by atoms with Gasteiger partial charge in [0, 0.05) is 42.7 Å². The lowest BCUT2D eigenvalue weighted by molar-refractivity contribution is -0.131. The molecular formula is C33H32N2O4. The number of likely N-dealkylation sites (tertiary alicyclic amines) is 1. The number of aryl methyl sites for hydroxylation is 2. The Balaban J connectivity index is 1.45. The molecule has 0 aliphatic carbocycles. The molecule has 0 atom stereocenters. The summed E-state index contributed by atoms with van der Waals surface area (Å²) in [4.78, 5) is 39.3. The van der Waals surface area contributed by atoms with E-state index in [1.807, 2.05) is 55.3 Å². The molecule has 0 unspecified atom stereocenters. The SMILES string of the molecule is CC(=O)C1(c2ccccc2)CCN(C(=O)C=Cc2c(-c3ccc(C(=O)O)cc3)n(C)c3ccc(C)cc23)CC1. The molecule has 0 bridgehead atoms. The highest BCUT2D eigenvalue weighted by molar-refractivity contribution is 6.02. The van der Waals surface area contributed by atoms with E-state index in [0.29, 0.717) is 25.9 Å². The topological polar surface area (TPSA) is 79.6 Å². The zero-order valence-corrected chi connectivity index (χ0v) is 22.5. The molecule has 1 N–H and O–H groups in total. The summed E-state index contributed by atoms with van der Waals surface area (Å²) >= 11 is 0. The number of nitrogens with zero attached hydrogens (tertiary/aromatic N) is 2. The molecule has 1 saturated heterocycles. The van der Waals surface area contributed by atoms with E-state index in [2.05, 4.69) is 22.8 Å². The molecule has 2 heterocycles. The zero-order valence-electron chi connectivity index (χ0n) is 22.5. The van der Waals surface area contributed by atoms with Crippen LogP contribution in [0.15, 0.2) is 78.9 Å². The first kappa shape index (κ1) is 26.2. The fourth-order valence-corrected chi connectivity index (χ4v) is 5.85. The number of fused-ring (bicyclic) bond motifs is 1. The van der Waals surface area contributed by atoms with Gasteiger partial charge in [0.25, 0.3) is 0 Å². The van der Waals surface area contributed by atoms with Crippen molar-refractivity contribution >= 4 is 34.6 Å². The molecule has 6 nitrogen and oxygen atoms in total. The largest absolute Gasteiger partial charge is 0.478 e. The second kappa shape index (κ2) is 10.4. The number of carboxylic acid groups (broad SMARTS) is 1. The number of carbonyl (C=O) groups excluding carboxylic acids is 2. The van der Waals surface area contributed by atoms with Gasteiger partial charge in [-0.2, -0.15) is 0 Å². The first-order chi connectivity index (χ1) is 18.7. The number of aromatic carboxylic acids is 1. The Labute approximate surface area is 228 Å². The minimum atomic E-state index is -0.970. The third-order valence-electron chi connectivity index (χ3n) is 8.12. The Morgan fingerprint density at radius 3 is 2.21 bits per heavy atom. The van der Waals surface area contributed by atoms with Gasteiger partial charge in [0.2, 0.25) is 5.91 Å². The van der Waals surface area contributed by atoms with E-state index in [1.165, 1.54) is 0 Å². The molecule has 1 aliphatic heterocycles. The summed E-state index contributed by atoms with van der Waals surface area (Å²) in [5.74, 6) is -0.916. The van der Waals surface area contributed by atoms with Gasteiger partial charge in [-0.3, -0.25) is 9.59 Å². The highest BCUT2D eigenvalue weighted by Gasteiger charge is 2.41. The second-order valence-corrected chi connectivity index (χ2v) is 10.4. The number of carboxylic acids is 1. The van der Waals surface area contributed by atoms with Crippen molar-refractivity contribution in [3.05, 3.63) is 101 Å². The van der Waals surface area contributed by atoms with Crippen molar-refractivity contribution in [2.24, 2.45) is 7.05 Å². The number of carbonyl (C=O) groups is 3. The number of hydrogen-bond acceptors (Lipinski definition) is 3. The first-order valence-corrected chi connectivity index (χ1v) is 13.2.